The molecule has 7 heteroatoms. The van der Waals surface area contributed by atoms with Crippen molar-refractivity contribution in [2.75, 3.05) is 11.1 Å². The number of pyridine rings is 1. The largest absolute Gasteiger partial charge is 0.459 e. The number of hydrogen-bond acceptors (Lipinski definition) is 5. The molecule has 0 aliphatic rings. The molecule has 6 nitrogen and oxygen atoms in total. The Morgan fingerprint density at radius 1 is 1.04 bits per heavy atom. The van der Waals surface area contributed by atoms with Gasteiger partial charge in [0.15, 0.2) is 5.76 Å². The van der Waals surface area contributed by atoms with Gasteiger partial charge in [0.2, 0.25) is 5.91 Å². The van der Waals surface area contributed by atoms with Gasteiger partial charge in [0.25, 0.3) is 5.91 Å². The molecule has 0 saturated carbocycles. The molecule has 2 heterocycles. The Labute approximate surface area is 161 Å². The predicted octanol–water partition coefficient (Wildman–Crippen LogP) is 3.48. The predicted molar refractivity (Wildman–Crippen MR) is 105 cm³/mol. The highest BCUT2D eigenvalue weighted by molar-refractivity contribution is 7.99. The number of aromatic nitrogens is 1. The second kappa shape index (κ2) is 9.59. The molecule has 0 aliphatic heterocycles. The van der Waals surface area contributed by atoms with Crippen LogP contribution in [0.2, 0.25) is 0 Å². The van der Waals surface area contributed by atoms with E-state index in [-0.39, 0.29) is 17.6 Å². The van der Waals surface area contributed by atoms with E-state index < -0.39 is 0 Å². The first kappa shape index (κ1) is 18.7. The first-order valence-corrected chi connectivity index (χ1v) is 9.54. The summed E-state index contributed by atoms with van der Waals surface area (Å²) >= 11 is 1.53. The Bertz CT molecular complexity index is 865. The van der Waals surface area contributed by atoms with Crippen molar-refractivity contribution in [2.24, 2.45) is 0 Å². The summed E-state index contributed by atoms with van der Waals surface area (Å²) in [5, 5.41) is 5.64. The minimum atomic E-state index is -0.300. The number of carbonyl (C=O) groups is 2. The third-order valence-corrected chi connectivity index (χ3v) is 4.62. The van der Waals surface area contributed by atoms with Gasteiger partial charge in [0.05, 0.1) is 17.7 Å². The van der Waals surface area contributed by atoms with E-state index >= 15 is 0 Å². The topological polar surface area (TPSA) is 84.2 Å². The molecule has 1 aromatic carbocycles. The third kappa shape index (κ3) is 6.00. The summed E-state index contributed by atoms with van der Waals surface area (Å²) in [7, 11) is 0. The summed E-state index contributed by atoms with van der Waals surface area (Å²) in [6.07, 6.45) is 3.20. The lowest BCUT2D eigenvalue weighted by molar-refractivity contribution is -0.118. The van der Waals surface area contributed by atoms with Gasteiger partial charge >= 0.3 is 0 Å². The van der Waals surface area contributed by atoms with Crippen molar-refractivity contribution in [1.29, 1.82) is 0 Å². The molecule has 0 radical (unpaired) electrons. The molecule has 138 valence electrons. The van der Waals surface area contributed by atoms with Gasteiger partial charge < -0.3 is 15.1 Å². The van der Waals surface area contributed by atoms with Crippen LogP contribution in [-0.4, -0.2) is 22.6 Å². The van der Waals surface area contributed by atoms with Crippen molar-refractivity contribution in [3.63, 3.8) is 0 Å². The number of carbonyl (C=O) groups excluding carboxylic acids is 2. The van der Waals surface area contributed by atoms with Crippen LogP contribution in [0.25, 0.3) is 0 Å². The van der Waals surface area contributed by atoms with Crippen molar-refractivity contribution < 1.29 is 14.0 Å². The summed E-state index contributed by atoms with van der Waals surface area (Å²) in [5.74, 6) is 1.03. The van der Waals surface area contributed by atoms with E-state index in [0.717, 1.165) is 11.3 Å². The van der Waals surface area contributed by atoms with Gasteiger partial charge in [-0.1, -0.05) is 18.2 Å². The van der Waals surface area contributed by atoms with Gasteiger partial charge in [-0.25, -0.2) is 0 Å². The Balaban J connectivity index is 1.39. The van der Waals surface area contributed by atoms with Gasteiger partial charge in [-0.05, 0) is 42.0 Å². The van der Waals surface area contributed by atoms with Crippen LogP contribution in [-0.2, 0) is 17.1 Å². The fourth-order valence-corrected chi connectivity index (χ4v) is 3.06. The zero-order valence-corrected chi connectivity index (χ0v) is 15.4. The summed E-state index contributed by atoms with van der Waals surface area (Å²) in [5.41, 5.74) is 2.58. The van der Waals surface area contributed by atoms with Gasteiger partial charge in [-0.15, -0.1) is 11.8 Å². The highest BCUT2D eigenvalue weighted by Gasteiger charge is 2.08. The molecule has 0 aliphatic carbocycles. The van der Waals surface area contributed by atoms with E-state index in [4.69, 9.17) is 4.42 Å². The standard InChI is InChI=1S/C20H19N3O3S/c24-19(14-27-13-17-4-1-2-10-21-17)22-12-15-6-8-16(9-7-15)23-20(25)18-5-3-11-26-18/h1-11H,12-14H2,(H,22,24)(H,23,25). The van der Waals surface area contributed by atoms with E-state index in [2.05, 4.69) is 15.6 Å². The lowest BCUT2D eigenvalue weighted by atomic mass is 10.2. The van der Waals surface area contributed by atoms with Crippen LogP contribution in [0.4, 0.5) is 5.69 Å². The molecular formula is C20H19N3O3S. The fourth-order valence-electron chi connectivity index (χ4n) is 2.29. The first-order chi connectivity index (χ1) is 13.2. The Hall–Kier alpha value is -3.06. The normalized spacial score (nSPS) is 10.4. The summed E-state index contributed by atoms with van der Waals surface area (Å²) < 4.78 is 5.05. The van der Waals surface area contributed by atoms with E-state index in [1.165, 1.54) is 18.0 Å². The molecule has 2 amide bonds. The fraction of sp³-hybridized carbons (Fsp3) is 0.150. The van der Waals surface area contributed by atoms with Crippen LogP contribution in [0.3, 0.4) is 0 Å². The minimum Gasteiger partial charge on any atom is -0.459 e. The number of nitrogens with zero attached hydrogens (tertiary/aromatic N) is 1. The highest BCUT2D eigenvalue weighted by atomic mass is 32.2. The molecular weight excluding hydrogens is 362 g/mol. The SMILES string of the molecule is O=C(CSCc1ccccn1)NCc1ccc(NC(=O)c2ccco2)cc1. The van der Waals surface area contributed by atoms with Crippen LogP contribution >= 0.6 is 11.8 Å². The van der Waals surface area contributed by atoms with Crippen molar-refractivity contribution in [1.82, 2.24) is 10.3 Å². The van der Waals surface area contributed by atoms with Crippen LogP contribution in [0.15, 0.2) is 71.5 Å². The van der Waals surface area contributed by atoms with Crippen molar-refractivity contribution in [2.45, 2.75) is 12.3 Å². The Morgan fingerprint density at radius 3 is 2.59 bits per heavy atom. The molecule has 0 saturated heterocycles. The van der Waals surface area contributed by atoms with Gasteiger partial charge in [0.1, 0.15) is 0 Å². The maximum atomic E-state index is 11.9. The van der Waals surface area contributed by atoms with Crippen LogP contribution in [0, 0.1) is 0 Å². The number of rotatable bonds is 8. The third-order valence-electron chi connectivity index (χ3n) is 3.66. The molecule has 0 spiro atoms. The maximum Gasteiger partial charge on any atom is 0.291 e. The number of benzene rings is 1. The zero-order valence-electron chi connectivity index (χ0n) is 14.6. The Morgan fingerprint density at radius 2 is 1.89 bits per heavy atom. The maximum absolute atomic E-state index is 11.9. The highest BCUT2D eigenvalue weighted by Crippen LogP contribution is 2.12. The summed E-state index contributed by atoms with van der Waals surface area (Å²) in [6.45, 7) is 0.440. The van der Waals surface area contributed by atoms with Gasteiger partial charge in [-0.3, -0.25) is 14.6 Å². The van der Waals surface area contributed by atoms with Crippen molar-refractivity contribution in [3.05, 3.63) is 84.1 Å². The van der Waals surface area contributed by atoms with Crippen LogP contribution in [0.5, 0.6) is 0 Å². The summed E-state index contributed by atoms with van der Waals surface area (Å²) in [6, 6.07) is 16.3. The molecule has 3 rings (SSSR count). The number of amides is 2. The quantitative estimate of drug-likeness (QED) is 0.624. The van der Waals surface area contributed by atoms with Crippen molar-refractivity contribution in [3.8, 4) is 0 Å². The van der Waals surface area contributed by atoms with Gasteiger partial charge in [0, 0.05) is 24.2 Å². The second-order valence-corrected chi connectivity index (χ2v) is 6.70. The average molecular weight is 381 g/mol. The van der Waals surface area contributed by atoms with E-state index in [1.807, 2.05) is 30.3 Å². The van der Waals surface area contributed by atoms with Crippen LogP contribution < -0.4 is 10.6 Å². The first-order valence-electron chi connectivity index (χ1n) is 8.39. The molecule has 0 fully saturated rings. The lowest BCUT2D eigenvalue weighted by Gasteiger charge is -2.07. The smallest absolute Gasteiger partial charge is 0.291 e. The molecule has 27 heavy (non-hydrogen) atoms. The monoisotopic (exact) mass is 381 g/mol. The molecule has 0 bridgehead atoms. The minimum absolute atomic E-state index is 0.0221. The number of hydrogen-bond donors (Lipinski definition) is 2. The van der Waals surface area contributed by atoms with E-state index in [1.54, 1.807) is 30.5 Å². The lowest BCUT2D eigenvalue weighted by Crippen LogP contribution is -2.24. The second-order valence-electron chi connectivity index (χ2n) is 5.72. The van der Waals surface area contributed by atoms with E-state index in [9.17, 15) is 9.59 Å². The number of thioether (sulfide) groups is 1. The molecule has 2 aromatic heterocycles. The molecule has 3 aromatic rings. The number of furan rings is 1. The number of anilines is 1. The summed E-state index contributed by atoms with van der Waals surface area (Å²) in [4.78, 5) is 28.1. The van der Waals surface area contributed by atoms with Gasteiger partial charge in [-0.2, -0.15) is 0 Å². The molecule has 0 unspecified atom stereocenters. The van der Waals surface area contributed by atoms with E-state index in [0.29, 0.717) is 23.7 Å². The molecule has 2 N–H and O–H groups in total. The zero-order chi connectivity index (χ0) is 18.9. The van der Waals surface area contributed by atoms with Crippen molar-refractivity contribution >= 4 is 29.3 Å². The number of nitrogens with one attached hydrogen (secondary N) is 2. The van der Waals surface area contributed by atoms with Crippen LogP contribution in [0.1, 0.15) is 21.8 Å². The Kier molecular flexibility index (Phi) is 6.65. The molecule has 0 atom stereocenters. The average Bonchev–Trinajstić information content (AvgIpc) is 3.23.